The van der Waals surface area contributed by atoms with E-state index in [2.05, 4.69) is 9.97 Å². The van der Waals surface area contributed by atoms with Crippen molar-refractivity contribution in [3.05, 3.63) is 28.4 Å². The number of aromatic amines is 1. The molecule has 0 radical (unpaired) electrons. The van der Waals surface area contributed by atoms with E-state index in [1.807, 2.05) is 20.8 Å². The van der Waals surface area contributed by atoms with Crippen LogP contribution in [0.3, 0.4) is 0 Å². The predicted molar refractivity (Wildman–Crippen MR) is 77.4 cm³/mol. The average molecular weight is 280 g/mol. The van der Waals surface area contributed by atoms with Crippen LogP contribution in [0.5, 0.6) is 0 Å². The van der Waals surface area contributed by atoms with Gasteiger partial charge in [-0.05, 0) is 40.5 Å². The van der Waals surface area contributed by atoms with E-state index >= 15 is 0 Å². The number of H-pyrrole nitrogens is 1. The summed E-state index contributed by atoms with van der Waals surface area (Å²) in [4.78, 5) is 28.2. The lowest BCUT2D eigenvalue weighted by atomic mass is 10.1. The normalized spacial score (nSPS) is 15.4. The first-order chi connectivity index (χ1) is 9.29. The van der Waals surface area contributed by atoms with Crippen molar-refractivity contribution in [1.29, 1.82) is 0 Å². The van der Waals surface area contributed by atoms with E-state index in [4.69, 9.17) is 4.74 Å². The minimum absolute atomic E-state index is 0.000000000000000666. The molecule has 0 spiro atoms. The molecule has 0 amide bonds. The first-order valence-electron chi connectivity index (χ1n) is 7.03. The molecular formula is C15H24N2O3. The maximum absolute atomic E-state index is 11.4. The highest BCUT2D eigenvalue weighted by molar-refractivity contribution is 5.73. The van der Waals surface area contributed by atoms with Crippen molar-refractivity contribution in [2.75, 3.05) is 0 Å². The van der Waals surface area contributed by atoms with Gasteiger partial charge < -0.3 is 9.72 Å². The van der Waals surface area contributed by atoms with Crippen molar-refractivity contribution in [3.63, 3.8) is 0 Å². The lowest BCUT2D eigenvalue weighted by Crippen LogP contribution is -2.27. The van der Waals surface area contributed by atoms with E-state index in [1.165, 1.54) is 19.0 Å². The molecule has 2 rings (SSSR count). The number of nitrogens with zero attached hydrogens (tertiary/aromatic N) is 1. The Morgan fingerprint density at radius 2 is 1.95 bits per heavy atom. The van der Waals surface area contributed by atoms with Crippen molar-refractivity contribution < 1.29 is 9.53 Å². The SMILES string of the molecule is CC(C)(C)OC(=O)C1CCCC1.Cc1ncc[nH]c1=O. The van der Waals surface area contributed by atoms with Crippen molar-refractivity contribution in [3.8, 4) is 0 Å². The van der Waals surface area contributed by atoms with Crippen LogP contribution in [-0.2, 0) is 9.53 Å². The van der Waals surface area contributed by atoms with Gasteiger partial charge in [-0.25, -0.2) is 0 Å². The number of rotatable bonds is 1. The summed E-state index contributed by atoms with van der Waals surface area (Å²) in [6.07, 6.45) is 7.48. The van der Waals surface area contributed by atoms with Crippen LogP contribution in [0.15, 0.2) is 17.2 Å². The van der Waals surface area contributed by atoms with Crippen molar-refractivity contribution in [2.24, 2.45) is 5.92 Å². The standard InChI is InChI=1S/C10H18O2.C5H6N2O/c1-10(2,3)12-9(11)8-6-4-5-7-8;1-4-5(8)7-3-2-6-4/h8H,4-7H2,1-3H3;2-3H,1H3,(H,7,8). The molecule has 1 heterocycles. The second kappa shape index (κ2) is 7.22. The molecule has 1 N–H and O–H groups in total. The summed E-state index contributed by atoms with van der Waals surface area (Å²) in [5, 5.41) is 0. The van der Waals surface area contributed by atoms with E-state index in [0.29, 0.717) is 5.69 Å². The Labute approximate surface area is 119 Å². The molecule has 0 saturated heterocycles. The molecule has 5 nitrogen and oxygen atoms in total. The number of hydrogen-bond donors (Lipinski definition) is 1. The van der Waals surface area contributed by atoms with Gasteiger partial charge in [-0.3, -0.25) is 14.6 Å². The number of esters is 1. The van der Waals surface area contributed by atoms with Crippen LogP contribution in [0.4, 0.5) is 0 Å². The number of carbonyl (C=O) groups is 1. The minimum atomic E-state index is -0.320. The molecule has 1 aliphatic rings. The largest absolute Gasteiger partial charge is 0.460 e. The van der Waals surface area contributed by atoms with Crippen molar-refractivity contribution >= 4 is 5.97 Å². The molecule has 1 aliphatic carbocycles. The smallest absolute Gasteiger partial charge is 0.309 e. The molecule has 0 aliphatic heterocycles. The van der Waals surface area contributed by atoms with Crippen LogP contribution in [0, 0.1) is 12.8 Å². The van der Waals surface area contributed by atoms with Crippen LogP contribution in [0.25, 0.3) is 0 Å². The summed E-state index contributed by atoms with van der Waals surface area (Å²) >= 11 is 0. The zero-order valence-corrected chi connectivity index (χ0v) is 12.7. The fourth-order valence-corrected chi connectivity index (χ4v) is 1.97. The Balaban J connectivity index is 0.000000217. The Hall–Kier alpha value is -1.65. The van der Waals surface area contributed by atoms with E-state index in [1.54, 1.807) is 13.1 Å². The Morgan fingerprint density at radius 1 is 1.35 bits per heavy atom. The predicted octanol–water partition coefficient (Wildman–Crippen LogP) is 2.60. The third-order valence-electron chi connectivity index (χ3n) is 2.98. The summed E-state index contributed by atoms with van der Waals surface area (Å²) in [6, 6.07) is 0. The second-order valence-corrected chi connectivity index (χ2v) is 6.02. The van der Waals surface area contributed by atoms with E-state index < -0.39 is 0 Å². The van der Waals surface area contributed by atoms with Gasteiger partial charge in [0.15, 0.2) is 0 Å². The molecule has 0 atom stereocenters. The maximum Gasteiger partial charge on any atom is 0.309 e. The topological polar surface area (TPSA) is 72.0 Å². The first kappa shape index (κ1) is 16.4. The molecule has 0 aromatic carbocycles. The van der Waals surface area contributed by atoms with E-state index in [0.717, 1.165) is 12.8 Å². The third-order valence-corrected chi connectivity index (χ3v) is 2.98. The number of ether oxygens (including phenoxy) is 1. The second-order valence-electron chi connectivity index (χ2n) is 6.02. The molecule has 0 unspecified atom stereocenters. The number of hydrogen-bond acceptors (Lipinski definition) is 4. The maximum atomic E-state index is 11.4. The van der Waals surface area contributed by atoms with Crippen molar-refractivity contribution in [2.45, 2.75) is 59.0 Å². The Morgan fingerprint density at radius 3 is 2.35 bits per heavy atom. The number of aryl methyl sites for hydroxylation is 1. The summed E-state index contributed by atoms with van der Waals surface area (Å²) in [7, 11) is 0. The first-order valence-corrected chi connectivity index (χ1v) is 7.03. The van der Waals surface area contributed by atoms with Crippen LogP contribution < -0.4 is 5.56 Å². The molecule has 20 heavy (non-hydrogen) atoms. The number of carbonyl (C=O) groups excluding carboxylic acids is 1. The monoisotopic (exact) mass is 280 g/mol. The van der Waals surface area contributed by atoms with E-state index in [-0.39, 0.29) is 23.0 Å². The van der Waals surface area contributed by atoms with Gasteiger partial charge in [0.2, 0.25) is 0 Å². The van der Waals surface area contributed by atoms with Gasteiger partial charge in [0.05, 0.1) is 5.92 Å². The number of nitrogens with one attached hydrogen (secondary N) is 1. The fraction of sp³-hybridized carbons (Fsp3) is 0.667. The van der Waals surface area contributed by atoms with Crippen LogP contribution in [-0.4, -0.2) is 21.5 Å². The van der Waals surface area contributed by atoms with Gasteiger partial charge in [0.25, 0.3) is 5.56 Å². The number of aromatic nitrogens is 2. The zero-order valence-electron chi connectivity index (χ0n) is 12.7. The summed E-state index contributed by atoms with van der Waals surface area (Å²) < 4.78 is 5.28. The highest BCUT2D eigenvalue weighted by Gasteiger charge is 2.27. The summed E-state index contributed by atoms with van der Waals surface area (Å²) in [5.74, 6) is 0.184. The van der Waals surface area contributed by atoms with E-state index in [9.17, 15) is 9.59 Å². The van der Waals surface area contributed by atoms with Gasteiger partial charge in [-0.1, -0.05) is 12.8 Å². The van der Waals surface area contributed by atoms with Gasteiger partial charge >= 0.3 is 5.97 Å². The lowest BCUT2D eigenvalue weighted by molar-refractivity contribution is -0.159. The average Bonchev–Trinajstić information content (AvgIpc) is 2.85. The highest BCUT2D eigenvalue weighted by Crippen LogP contribution is 2.27. The Bertz CT molecular complexity index is 482. The van der Waals surface area contributed by atoms with Crippen LogP contribution in [0.1, 0.15) is 52.1 Å². The van der Waals surface area contributed by atoms with Crippen LogP contribution in [0.2, 0.25) is 0 Å². The quantitative estimate of drug-likeness (QED) is 0.803. The van der Waals surface area contributed by atoms with Gasteiger partial charge in [0, 0.05) is 12.4 Å². The lowest BCUT2D eigenvalue weighted by Gasteiger charge is -2.21. The summed E-state index contributed by atoms with van der Waals surface area (Å²) in [5.41, 5.74) is 0.0691. The summed E-state index contributed by atoms with van der Waals surface area (Å²) in [6.45, 7) is 7.42. The van der Waals surface area contributed by atoms with Crippen molar-refractivity contribution in [1.82, 2.24) is 9.97 Å². The van der Waals surface area contributed by atoms with Crippen LogP contribution >= 0.6 is 0 Å². The molecule has 1 aromatic rings. The van der Waals surface area contributed by atoms with Gasteiger partial charge in [-0.15, -0.1) is 0 Å². The molecule has 1 fully saturated rings. The molecule has 0 bridgehead atoms. The highest BCUT2D eigenvalue weighted by atomic mass is 16.6. The molecular weight excluding hydrogens is 256 g/mol. The third kappa shape index (κ3) is 5.99. The fourth-order valence-electron chi connectivity index (χ4n) is 1.97. The minimum Gasteiger partial charge on any atom is -0.460 e. The van der Waals surface area contributed by atoms with Gasteiger partial charge in [0.1, 0.15) is 11.3 Å². The molecule has 5 heteroatoms. The molecule has 1 aromatic heterocycles. The zero-order chi connectivity index (χ0) is 15.2. The van der Waals surface area contributed by atoms with Gasteiger partial charge in [-0.2, -0.15) is 0 Å². The Kier molecular flexibility index (Phi) is 5.92. The molecule has 112 valence electrons. The molecule has 1 saturated carbocycles.